The van der Waals surface area contributed by atoms with E-state index in [2.05, 4.69) is 40.7 Å². The van der Waals surface area contributed by atoms with Crippen LogP contribution in [0.1, 0.15) is 74.3 Å². The fourth-order valence-corrected chi connectivity index (χ4v) is 4.26. The molecule has 9 nitrogen and oxygen atoms in total. The normalized spacial score (nSPS) is 13.4. The number of hydrogen-bond donors (Lipinski definition) is 1. The molecule has 1 unspecified atom stereocenters. The smallest absolute Gasteiger partial charge is 0.245 e. The molecule has 1 aliphatic carbocycles. The lowest BCUT2D eigenvalue weighted by Crippen LogP contribution is -2.45. The molecule has 0 radical (unpaired) electrons. The monoisotopic (exact) mass is 756 g/mol. The van der Waals surface area contributed by atoms with E-state index in [-0.39, 0.29) is 24.9 Å². The van der Waals surface area contributed by atoms with Gasteiger partial charge in [0.25, 0.3) is 0 Å². The number of nitrogens with one attached hydrogen (secondary N) is 1. The van der Waals surface area contributed by atoms with Crippen molar-refractivity contribution in [2.24, 2.45) is 11.0 Å². The minimum Gasteiger partial charge on any atom is -0.388 e. The highest BCUT2D eigenvalue weighted by Gasteiger charge is 2.43. The van der Waals surface area contributed by atoms with Crippen molar-refractivity contribution >= 4 is 35.3 Å². The summed E-state index contributed by atoms with van der Waals surface area (Å²) in [5.74, 6) is -2.21. The number of nitrogens with zero attached hydrogens (tertiary/aromatic N) is 4. The van der Waals surface area contributed by atoms with Gasteiger partial charge in [-0.3, -0.25) is 29.6 Å². The molecule has 0 saturated carbocycles. The Bertz CT molecular complexity index is 1560. The van der Waals surface area contributed by atoms with Crippen molar-refractivity contribution < 1.29 is 19.1 Å². The highest BCUT2D eigenvalue weighted by molar-refractivity contribution is 6.13. The molecule has 0 spiro atoms. The Hall–Kier alpha value is -5.50. The van der Waals surface area contributed by atoms with Crippen LogP contribution >= 0.6 is 0 Å². The van der Waals surface area contributed by atoms with E-state index in [1.807, 2.05) is 124 Å². The van der Waals surface area contributed by atoms with Crippen molar-refractivity contribution in [3.63, 3.8) is 0 Å². The quantitative estimate of drug-likeness (QED) is 0.0687. The molecule has 2 aromatic carbocycles. The zero-order valence-corrected chi connectivity index (χ0v) is 35.9. The Kier molecular flexibility index (Phi) is 33.6. The van der Waals surface area contributed by atoms with Crippen LogP contribution in [0.3, 0.4) is 0 Å². The predicted octanol–water partition coefficient (Wildman–Crippen LogP) is 10.5. The number of ether oxygens (including phenoxy) is 1. The minimum atomic E-state index is -1.10. The van der Waals surface area contributed by atoms with Crippen LogP contribution in [0.2, 0.25) is 0 Å². The Morgan fingerprint density at radius 2 is 1.45 bits per heavy atom. The van der Waals surface area contributed by atoms with E-state index >= 15 is 0 Å². The largest absolute Gasteiger partial charge is 0.388 e. The third kappa shape index (κ3) is 19.4. The van der Waals surface area contributed by atoms with Gasteiger partial charge in [0.05, 0.1) is 11.4 Å². The van der Waals surface area contributed by atoms with Crippen LogP contribution < -0.4 is 10.3 Å². The number of hydrazone groups is 1. The van der Waals surface area contributed by atoms with Crippen molar-refractivity contribution in [1.29, 1.82) is 0 Å². The number of hydrogen-bond acceptors (Lipinski definition) is 6. The fourth-order valence-electron chi connectivity index (χ4n) is 4.26. The van der Waals surface area contributed by atoms with Gasteiger partial charge in [-0.1, -0.05) is 127 Å². The maximum Gasteiger partial charge on any atom is 0.245 e. The molecule has 1 fully saturated rings. The van der Waals surface area contributed by atoms with Crippen LogP contribution in [0.25, 0.3) is 0 Å². The number of rotatable bonds is 9. The number of fused-ring (bicyclic) bond motifs is 1. The zero-order valence-electron chi connectivity index (χ0n) is 35.9. The summed E-state index contributed by atoms with van der Waals surface area (Å²) >= 11 is 0. The highest BCUT2D eigenvalue weighted by Crippen LogP contribution is 2.33. The van der Waals surface area contributed by atoms with Crippen LogP contribution in [0.15, 0.2) is 139 Å². The predicted molar refractivity (Wildman–Crippen MR) is 237 cm³/mol. The number of amides is 3. The third-order valence-electron chi connectivity index (χ3n) is 6.93. The lowest BCUT2D eigenvalue weighted by Gasteiger charge is -2.29. The Balaban J connectivity index is -0.00000147. The average molecular weight is 756 g/mol. The first-order valence-electron chi connectivity index (χ1n) is 18.9. The van der Waals surface area contributed by atoms with Gasteiger partial charge in [0.1, 0.15) is 18.2 Å². The summed E-state index contributed by atoms with van der Waals surface area (Å²) in [6, 6.07) is 16.8. The van der Waals surface area contributed by atoms with Gasteiger partial charge in [-0.05, 0) is 63.6 Å². The molecule has 1 atom stereocenters. The SMILES string of the molecule is C=CC.C=CC=C.CC.CC.CC.COC.Cc1ccccc1N/N=C/CC1C(=O)N(CC(=O)N(C)C(C)C)C2=CC=CC=C=C2N(c2ccccc2)C1=O. The van der Waals surface area contributed by atoms with Crippen molar-refractivity contribution in [2.45, 2.75) is 81.7 Å². The van der Waals surface area contributed by atoms with Gasteiger partial charge in [0.15, 0.2) is 0 Å². The Morgan fingerprint density at radius 3 is 1.96 bits per heavy atom. The zero-order chi connectivity index (χ0) is 42.8. The maximum absolute atomic E-state index is 14.1. The van der Waals surface area contributed by atoms with Crippen LogP contribution in [-0.4, -0.2) is 67.6 Å². The molecule has 0 aromatic heterocycles. The Morgan fingerprint density at radius 1 is 0.927 bits per heavy atom. The summed E-state index contributed by atoms with van der Waals surface area (Å²) in [5, 5.41) is 4.29. The molecule has 9 heteroatoms. The van der Waals surface area contributed by atoms with Gasteiger partial charge in [-0.15, -0.1) is 6.58 Å². The molecular formula is C46H69N5O4. The van der Waals surface area contributed by atoms with Gasteiger partial charge in [-0.2, -0.15) is 5.10 Å². The topological polar surface area (TPSA) is 94.5 Å². The van der Waals surface area contributed by atoms with Gasteiger partial charge >= 0.3 is 0 Å². The van der Waals surface area contributed by atoms with Crippen molar-refractivity contribution in [3.05, 3.63) is 140 Å². The molecule has 1 saturated heterocycles. The first-order chi connectivity index (χ1) is 26.5. The Labute approximate surface area is 333 Å². The van der Waals surface area contributed by atoms with Gasteiger partial charge in [-0.25, -0.2) is 0 Å². The van der Waals surface area contributed by atoms with Crippen LogP contribution in [0, 0.1) is 12.8 Å². The van der Waals surface area contributed by atoms with Crippen LogP contribution in [0.5, 0.6) is 0 Å². The lowest BCUT2D eigenvalue weighted by atomic mass is 10.0. The average Bonchev–Trinajstić information content (AvgIpc) is 3.49. The number of benzene rings is 2. The van der Waals surface area contributed by atoms with E-state index < -0.39 is 17.7 Å². The van der Waals surface area contributed by atoms with E-state index in [1.165, 1.54) is 16.0 Å². The molecule has 3 amide bonds. The molecule has 1 N–H and O–H groups in total. The van der Waals surface area contributed by atoms with E-state index in [0.717, 1.165) is 11.3 Å². The number of likely N-dealkylation sites (N-methyl/N-ethyl adjacent to an activating group) is 1. The van der Waals surface area contributed by atoms with E-state index in [0.29, 0.717) is 17.1 Å². The summed E-state index contributed by atoms with van der Waals surface area (Å²) in [6.07, 6.45) is 13.6. The molecule has 1 heterocycles. The third-order valence-corrected chi connectivity index (χ3v) is 6.93. The first kappa shape index (κ1) is 53.8. The molecule has 302 valence electrons. The standard InChI is InChI=1S/C31H33N5O3.C4H6.C3H6.C2H6O.3C2H6/c1-22(2)34(4)29(37)21-35-27-17-9-6-10-18-28(27)36(24-14-7-5-8-15-24)31(39)25(30(35)38)19-20-32-33-26-16-12-11-13-23(26)3;1-3-4-2;2*1-3-2;3*1-2/h5-17,20,22,25,33H,19,21H2,1-4H3;3-4H,1-2H2;3H,1H2,2H3;1-2H3;3*1-2H3/b32-20+;;;;;;. The second kappa shape index (κ2) is 34.3. The number of carbonyl (C=O) groups excluding carboxylic acids is 3. The number of anilines is 2. The number of carbonyl (C=O) groups is 3. The maximum atomic E-state index is 14.1. The highest BCUT2D eigenvalue weighted by atomic mass is 16.4. The summed E-state index contributed by atoms with van der Waals surface area (Å²) in [6.45, 7) is 29.5. The number of allylic oxidation sites excluding steroid dienone is 6. The molecule has 1 aliphatic heterocycles. The number of methoxy groups -OCH3 is 1. The molecule has 2 aromatic rings. The summed E-state index contributed by atoms with van der Waals surface area (Å²) < 4.78 is 4.25. The van der Waals surface area contributed by atoms with Crippen molar-refractivity contribution in [3.8, 4) is 0 Å². The van der Waals surface area contributed by atoms with Gasteiger partial charge < -0.3 is 9.64 Å². The first-order valence-corrected chi connectivity index (χ1v) is 18.9. The van der Waals surface area contributed by atoms with E-state index in [9.17, 15) is 14.4 Å². The van der Waals surface area contributed by atoms with Crippen molar-refractivity contribution in [1.82, 2.24) is 9.80 Å². The number of aryl methyl sites for hydroxylation is 1. The summed E-state index contributed by atoms with van der Waals surface area (Å²) in [5.41, 5.74) is 9.45. The molecule has 55 heavy (non-hydrogen) atoms. The molecule has 2 aliphatic rings. The van der Waals surface area contributed by atoms with Gasteiger partial charge in [0, 0.05) is 45.6 Å². The van der Waals surface area contributed by atoms with Crippen LogP contribution in [0.4, 0.5) is 11.4 Å². The number of para-hydroxylation sites is 2. The summed E-state index contributed by atoms with van der Waals surface area (Å²) in [4.78, 5) is 45.8. The molecule has 0 bridgehead atoms. The second-order valence-electron chi connectivity index (χ2n) is 10.9. The fraction of sp³-hybridized carbons (Fsp3) is 0.370. The van der Waals surface area contributed by atoms with Crippen LogP contribution in [-0.2, 0) is 19.1 Å². The second-order valence-corrected chi connectivity index (χ2v) is 10.9. The van der Waals surface area contributed by atoms with E-state index in [1.54, 1.807) is 68.7 Å². The molecular weight excluding hydrogens is 687 g/mol. The minimum absolute atomic E-state index is 0.0459. The van der Waals surface area contributed by atoms with Crippen molar-refractivity contribution in [2.75, 3.05) is 38.1 Å². The van der Waals surface area contributed by atoms with Gasteiger partial charge in [0.2, 0.25) is 17.7 Å². The summed E-state index contributed by atoms with van der Waals surface area (Å²) in [7, 11) is 4.95. The lowest BCUT2D eigenvalue weighted by molar-refractivity contribution is -0.143. The van der Waals surface area contributed by atoms with E-state index in [4.69, 9.17) is 0 Å². The molecule has 4 rings (SSSR count).